The number of carbonyl (C=O) groups excluding carboxylic acids is 3. The molecule has 2 saturated carbocycles. The van der Waals surface area contributed by atoms with Crippen LogP contribution in [0, 0.1) is 16.7 Å². The van der Waals surface area contributed by atoms with Crippen molar-refractivity contribution in [1.29, 1.82) is 0 Å². The van der Waals surface area contributed by atoms with Gasteiger partial charge in [-0.2, -0.15) is 0 Å². The first-order valence-electron chi connectivity index (χ1n) is 13.9. The van der Waals surface area contributed by atoms with Crippen molar-refractivity contribution in [2.24, 2.45) is 16.7 Å². The molecular formula is C29H40N2O7. The Labute approximate surface area is 223 Å². The SMILES string of the molecule is CC1(C)C2CCC1(C)C(OC(=O)[C@@H]1CCCN1C(=O)[C@@H]1CCCN1C(=O)[C@H](O)Cc1ccc(O)c(O)c1)C2. The van der Waals surface area contributed by atoms with E-state index in [4.69, 9.17) is 4.74 Å². The molecule has 38 heavy (non-hydrogen) atoms. The molecule has 0 aromatic heterocycles. The highest BCUT2D eigenvalue weighted by Crippen LogP contribution is 2.66. The van der Waals surface area contributed by atoms with Crippen molar-refractivity contribution in [1.82, 2.24) is 9.80 Å². The first-order chi connectivity index (χ1) is 17.9. The number of hydrogen-bond donors (Lipinski definition) is 3. The van der Waals surface area contributed by atoms with Crippen LogP contribution in [0.4, 0.5) is 0 Å². The van der Waals surface area contributed by atoms with Crippen LogP contribution in [0.15, 0.2) is 18.2 Å². The number of aromatic hydroxyl groups is 2. The van der Waals surface area contributed by atoms with Crippen molar-refractivity contribution < 1.29 is 34.4 Å². The lowest BCUT2D eigenvalue weighted by Gasteiger charge is -2.39. The van der Waals surface area contributed by atoms with Gasteiger partial charge >= 0.3 is 5.97 Å². The number of ether oxygens (including phenoxy) is 1. The van der Waals surface area contributed by atoms with Gasteiger partial charge in [-0.15, -0.1) is 0 Å². The topological polar surface area (TPSA) is 128 Å². The Balaban J connectivity index is 1.23. The van der Waals surface area contributed by atoms with Gasteiger partial charge in [0.25, 0.3) is 5.91 Å². The van der Waals surface area contributed by atoms with E-state index in [0.29, 0.717) is 50.3 Å². The molecule has 0 radical (unpaired) electrons. The van der Waals surface area contributed by atoms with Gasteiger partial charge in [-0.05, 0) is 74.0 Å². The second kappa shape index (κ2) is 9.74. The number of carbonyl (C=O) groups is 3. The number of benzene rings is 1. The molecule has 208 valence electrons. The third kappa shape index (κ3) is 4.32. The maximum absolute atomic E-state index is 13.7. The number of nitrogens with zero attached hydrogens (tertiary/aromatic N) is 2. The number of phenolic OH excluding ortho intramolecular Hbond substituents is 2. The summed E-state index contributed by atoms with van der Waals surface area (Å²) in [5.41, 5.74) is 0.552. The van der Waals surface area contributed by atoms with E-state index in [1.807, 2.05) is 0 Å². The second-order valence-corrected chi connectivity index (χ2v) is 12.5. The van der Waals surface area contributed by atoms with Gasteiger partial charge in [0.1, 0.15) is 24.3 Å². The highest BCUT2D eigenvalue weighted by atomic mass is 16.5. The lowest BCUT2D eigenvalue weighted by atomic mass is 9.70. The van der Waals surface area contributed by atoms with Gasteiger partial charge in [0.05, 0.1) is 0 Å². The van der Waals surface area contributed by atoms with Gasteiger partial charge in [0.15, 0.2) is 11.5 Å². The molecule has 3 N–H and O–H groups in total. The molecule has 2 bridgehead atoms. The summed E-state index contributed by atoms with van der Waals surface area (Å²) >= 11 is 0. The molecule has 4 aliphatic rings. The molecule has 2 saturated heterocycles. The number of rotatable bonds is 6. The molecule has 2 heterocycles. The van der Waals surface area contributed by atoms with E-state index in [1.165, 1.54) is 23.1 Å². The number of phenols is 2. The van der Waals surface area contributed by atoms with Gasteiger partial charge in [0, 0.05) is 24.9 Å². The number of fused-ring (bicyclic) bond motifs is 2. The zero-order valence-electron chi connectivity index (χ0n) is 22.6. The van der Waals surface area contributed by atoms with Crippen molar-refractivity contribution in [3.05, 3.63) is 23.8 Å². The summed E-state index contributed by atoms with van der Waals surface area (Å²) in [7, 11) is 0. The van der Waals surface area contributed by atoms with Crippen LogP contribution in [-0.2, 0) is 25.5 Å². The Hall–Kier alpha value is -2.81. The minimum atomic E-state index is -1.39. The molecule has 5 rings (SSSR count). The zero-order chi connectivity index (χ0) is 27.4. The molecule has 1 aromatic carbocycles. The van der Waals surface area contributed by atoms with Gasteiger partial charge < -0.3 is 29.9 Å². The molecule has 3 unspecified atom stereocenters. The summed E-state index contributed by atoms with van der Waals surface area (Å²) in [6.07, 6.45) is 3.86. The van der Waals surface area contributed by atoms with E-state index < -0.39 is 24.1 Å². The molecule has 6 atom stereocenters. The predicted octanol–water partition coefficient (Wildman–Crippen LogP) is 2.74. The summed E-state index contributed by atoms with van der Waals surface area (Å²) in [6, 6.07) is 2.76. The zero-order valence-corrected chi connectivity index (χ0v) is 22.6. The Morgan fingerprint density at radius 2 is 1.68 bits per heavy atom. The number of amides is 2. The Bertz CT molecular complexity index is 1120. The van der Waals surface area contributed by atoms with Crippen LogP contribution in [-0.4, -0.2) is 80.3 Å². The van der Waals surface area contributed by atoms with Crippen LogP contribution < -0.4 is 0 Å². The quantitative estimate of drug-likeness (QED) is 0.383. The normalized spacial score (nSPS) is 32.5. The fourth-order valence-corrected chi connectivity index (χ4v) is 7.48. The van der Waals surface area contributed by atoms with Gasteiger partial charge in [-0.25, -0.2) is 4.79 Å². The first-order valence-corrected chi connectivity index (χ1v) is 13.9. The molecule has 2 aliphatic carbocycles. The van der Waals surface area contributed by atoms with Crippen LogP contribution in [0.5, 0.6) is 11.5 Å². The molecule has 2 amide bonds. The van der Waals surface area contributed by atoms with E-state index in [0.717, 1.165) is 19.3 Å². The summed E-state index contributed by atoms with van der Waals surface area (Å²) in [4.78, 5) is 43.2. The Morgan fingerprint density at radius 1 is 1.00 bits per heavy atom. The number of esters is 1. The van der Waals surface area contributed by atoms with Gasteiger partial charge in [0.2, 0.25) is 5.91 Å². The molecule has 0 spiro atoms. The van der Waals surface area contributed by atoms with E-state index in [2.05, 4.69) is 20.8 Å². The molecule has 2 aliphatic heterocycles. The number of likely N-dealkylation sites (tertiary alicyclic amines) is 2. The highest BCUT2D eigenvalue weighted by Gasteiger charge is 2.63. The van der Waals surface area contributed by atoms with E-state index in [-0.39, 0.29) is 46.7 Å². The first kappa shape index (κ1) is 26.8. The van der Waals surface area contributed by atoms with E-state index >= 15 is 0 Å². The fourth-order valence-electron chi connectivity index (χ4n) is 7.48. The Kier molecular flexibility index (Phi) is 6.86. The van der Waals surface area contributed by atoms with Crippen LogP contribution in [0.25, 0.3) is 0 Å². The second-order valence-electron chi connectivity index (χ2n) is 12.5. The minimum Gasteiger partial charge on any atom is -0.504 e. The largest absolute Gasteiger partial charge is 0.504 e. The lowest BCUT2D eigenvalue weighted by Crippen LogP contribution is -2.53. The predicted molar refractivity (Wildman–Crippen MR) is 138 cm³/mol. The highest BCUT2D eigenvalue weighted by molar-refractivity contribution is 5.92. The minimum absolute atomic E-state index is 0.0553. The fraction of sp³-hybridized carbons (Fsp3) is 0.690. The van der Waals surface area contributed by atoms with Gasteiger partial charge in [-0.3, -0.25) is 9.59 Å². The third-order valence-corrected chi connectivity index (χ3v) is 10.4. The molecule has 1 aromatic rings. The summed E-state index contributed by atoms with van der Waals surface area (Å²) in [6.45, 7) is 7.57. The van der Waals surface area contributed by atoms with Crippen molar-refractivity contribution in [3.63, 3.8) is 0 Å². The van der Waals surface area contributed by atoms with Crippen molar-refractivity contribution in [2.75, 3.05) is 13.1 Å². The van der Waals surface area contributed by atoms with E-state index in [1.54, 1.807) is 4.90 Å². The Morgan fingerprint density at radius 3 is 2.32 bits per heavy atom. The van der Waals surface area contributed by atoms with Crippen LogP contribution >= 0.6 is 0 Å². The monoisotopic (exact) mass is 528 g/mol. The standard InChI is InChI=1S/C29H40N2O7/c1-28(2)18-10-11-29(28,3)24(16-18)38-27(37)20-7-5-13-31(20)25(35)19-6-4-12-30(19)26(36)23(34)15-17-8-9-21(32)22(33)14-17/h8-9,14,18-20,23-24,32-34H,4-7,10-13,15-16H2,1-3H3/t18?,19-,20-,23+,24?,29?/m0/s1. The maximum Gasteiger partial charge on any atom is 0.329 e. The number of hydrogen-bond acceptors (Lipinski definition) is 7. The summed E-state index contributed by atoms with van der Waals surface area (Å²) < 4.78 is 6.12. The maximum atomic E-state index is 13.7. The van der Waals surface area contributed by atoms with Gasteiger partial charge in [-0.1, -0.05) is 26.8 Å². The molecule has 4 fully saturated rings. The summed E-state index contributed by atoms with van der Waals surface area (Å²) in [5.74, 6) is -1.22. The summed E-state index contributed by atoms with van der Waals surface area (Å²) in [5, 5.41) is 29.9. The van der Waals surface area contributed by atoms with E-state index in [9.17, 15) is 29.7 Å². The molecule has 9 nitrogen and oxygen atoms in total. The third-order valence-electron chi connectivity index (χ3n) is 10.4. The lowest BCUT2D eigenvalue weighted by molar-refractivity contribution is -0.166. The van der Waals surface area contributed by atoms with Crippen LogP contribution in [0.1, 0.15) is 71.3 Å². The molecular weight excluding hydrogens is 488 g/mol. The van der Waals surface area contributed by atoms with Crippen LogP contribution in [0.2, 0.25) is 0 Å². The smallest absolute Gasteiger partial charge is 0.329 e. The average molecular weight is 529 g/mol. The number of aliphatic hydroxyl groups excluding tert-OH is 1. The van der Waals surface area contributed by atoms with Crippen molar-refractivity contribution in [3.8, 4) is 11.5 Å². The average Bonchev–Trinajstić information content (AvgIpc) is 3.63. The van der Waals surface area contributed by atoms with Crippen molar-refractivity contribution in [2.45, 2.75) is 96.4 Å². The number of aliphatic hydroxyl groups is 1. The van der Waals surface area contributed by atoms with Crippen LogP contribution in [0.3, 0.4) is 0 Å². The van der Waals surface area contributed by atoms with Crippen molar-refractivity contribution >= 4 is 17.8 Å². The molecule has 9 heteroatoms.